The molecule has 1 aliphatic heterocycles. The van der Waals surface area contributed by atoms with Gasteiger partial charge in [0.25, 0.3) is 0 Å². The summed E-state index contributed by atoms with van der Waals surface area (Å²) in [7, 11) is 0. The van der Waals surface area contributed by atoms with Gasteiger partial charge in [-0.1, -0.05) is 53.8 Å². The number of likely N-dealkylation sites (tertiary alicyclic amines) is 1. The molecule has 0 saturated carbocycles. The average Bonchev–Trinajstić information content (AvgIpc) is 3.55. The number of carbonyl (C=O) groups excluding carboxylic acids is 1. The third kappa shape index (κ3) is 4.35. The molecule has 2 aromatic carbocycles. The Balaban J connectivity index is 1.26. The summed E-state index contributed by atoms with van der Waals surface area (Å²) in [6.45, 7) is 0.618. The van der Waals surface area contributed by atoms with E-state index in [-0.39, 0.29) is 17.9 Å². The highest BCUT2D eigenvalue weighted by molar-refractivity contribution is 7.15. The van der Waals surface area contributed by atoms with Crippen molar-refractivity contribution in [1.29, 1.82) is 0 Å². The Labute approximate surface area is 187 Å². The molecule has 0 spiro atoms. The van der Waals surface area contributed by atoms with Crippen LogP contribution in [0.3, 0.4) is 0 Å². The summed E-state index contributed by atoms with van der Waals surface area (Å²) in [6, 6.07) is 15.6. The van der Waals surface area contributed by atoms with Gasteiger partial charge in [0.05, 0.1) is 6.04 Å². The normalized spacial score (nSPS) is 15.8. The number of halogens is 1. The number of rotatable bonds is 5. The fourth-order valence-electron chi connectivity index (χ4n) is 3.79. The molecule has 2 amide bonds. The number of anilines is 1. The third-order valence-electron chi connectivity index (χ3n) is 5.29. The highest BCUT2D eigenvalue weighted by atomic mass is 32.1. The molecule has 1 saturated heterocycles. The van der Waals surface area contributed by atoms with E-state index in [1.807, 2.05) is 36.4 Å². The molecule has 2 aromatic heterocycles. The van der Waals surface area contributed by atoms with E-state index < -0.39 is 0 Å². The van der Waals surface area contributed by atoms with E-state index in [1.165, 1.54) is 23.5 Å². The molecule has 1 aliphatic rings. The second-order valence-electron chi connectivity index (χ2n) is 7.50. The Bertz CT molecular complexity index is 1230. The molecule has 4 aromatic rings. The second-order valence-corrected chi connectivity index (χ2v) is 8.56. The van der Waals surface area contributed by atoms with Gasteiger partial charge in [0.2, 0.25) is 5.13 Å². The van der Waals surface area contributed by atoms with Crippen LogP contribution in [0.15, 0.2) is 54.6 Å². The summed E-state index contributed by atoms with van der Waals surface area (Å²) in [5.74, 6) is 0.989. The first-order valence-electron chi connectivity index (χ1n) is 10.3. The molecule has 32 heavy (non-hydrogen) atoms. The van der Waals surface area contributed by atoms with E-state index in [0.29, 0.717) is 34.8 Å². The summed E-state index contributed by atoms with van der Waals surface area (Å²) in [6.07, 6.45) is 2.14. The first-order chi connectivity index (χ1) is 15.7. The molecule has 8 nitrogen and oxygen atoms in total. The minimum atomic E-state index is -0.288. The number of nitrogens with one attached hydrogen (secondary N) is 2. The van der Waals surface area contributed by atoms with Crippen LogP contribution in [0.4, 0.5) is 14.3 Å². The van der Waals surface area contributed by atoms with Gasteiger partial charge in [0.15, 0.2) is 5.82 Å². The van der Waals surface area contributed by atoms with Crippen LogP contribution in [0, 0.1) is 5.82 Å². The number of nitrogens with zero attached hydrogens (tertiary/aromatic N) is 5. The molecule has 1 fully saturated rings. The Morgan fingerprint density at radius 2 is 2.06 bits per heavy atom. The molecule has 5 rings (SSSR count). The summed E-state index contributed by atoms with van der Waals surface area (Å²) in [4.78, 5) is 19.3. The maximum absolute atomic E-state index is 13.4. The molecule has 3 heterocycles. The lowest BCUT2D eigenvalue weighted by Crippen LogP contribution is -2.34. The van der Waals surface area contributed by atoms with Crippen LogP contribution >= 0.6 is 11.3 Å². The first kappa shape index (κ1) is 20.3. The second kappa shape index (κ2) is 8.83. The van der Waals surface area contributed by atoms with Gasteiger partial charge in [-0.3, -0.25) is 10.4 Å². The molecule has 0 aliphatic carbocycles. The van der Waals surface area contributed by atoms with Crippen LogP contribution in [-0.4, -0.2) is 42.9 Å². The first-order valence-corrected chi connectivity index (χ1v) is 11.1. The highest BCUT2D eigenvalue weighted by Crippen LogP contribution is 2.31. The van der Waals surface area contributed by atoms with Crippen LogP contribution < -0.4 is 5.32 Å². The Hall–Kier alpha value is -3.66. The van der Waals surface area contributed by atoms with E-state index in [9.17, 15) is 9.18 Å². The van der Waals surface area contributed by atoms with Crippen molar-refractivity contribution in [2.24, 2.45) is 0 Å². The molecule has 0 unspecified atom stereocenters. The fourth-order valence-corrected chi connectivity index (χ4v) is 4.56. The van der Waals surface area contributed by atoms with Crippen molar-refractivity contribution in [1.82, 2.24) is 30.3 Å². The maximum Gasteiger partial charge on any atom is 0.324 e. The Morgan fingerprint density at radius 1 is 1.19 bits per heavy atom. The van der Waals surface area contributed by atoms with E-state index >= 15 is 0 Å². The zero-order chi connectivity index (χ0) is 21.9. The van der Waals surface area contributed by atoms with Gasteiger partial charge in [-0.25, -0.2) is 14.2 Å². The number of aromatic amines is 1. The Kier molecular flexibility index (Phi) is 5.59. The molecule has 0 radical (unpaired) electrons. The van der Waals surface area contributed by atoms with Crippen LogP contribution in [0.2, 0.25) is 0 Å². The lowest BCUT2D eigenvalue weighted by Gasteiger charge is -2.22. The van der Waals surface area contributed by atoms with Gasteiger partial charge < -0.3 is 4.90 Å². The lowest BCUT2D eigenvalue weighted by molar-refractivity contribution is 0.205. The fraction of sp³-hybridized carbons (Fsp3) is 0.227. The lowest BCUT2D eigenvalue weighted by atomic mass is 10.1. The van der Waals surface area contributed by atoms with Crippen LogP contribution in [0.1, 0.15) is 35.3 Å². The predicted molar refractivity (Wildman–Crippen MR) is 119 cm³/mol. The number of hydrogen-bond donors (Lipinski definition) is 2. The third-order valence-corrected chi connectivity index (χ3v) is 6.13. The number of amides is 2. The van der Waals surface area contributed by atoms with Gasteiger partial charge in [-0.2, -0.15) is 5.10 Å². The standard InChI is InChI=1S/C22H20FN7OS/c23-16-9-4-6-14(12-16)13-18-26-29-21(32-18)25-22(31)30-11-5-10-17(30)20-24-19(27-28-20)15-7-2-1-3-8-15/h1-4,6-9,12,17H,5,10-11,13H2,(H,24,27,28)(H,25,29,31)/t17-/m0/s1. The topological polar surface area (TPSA) is 99.7 Å². The van der Waals surface area contributed by atoms with Gasteiger partial charge in [0.1, 0.15) is 16.6 Å². The summed E-state index contributed by atoms with van der Waals surface area (Å²) in [5.41, 5.74) is 1.72. The van der Waals surface area contributed by atoms with Crippen LogP contribution in [0.25, 0.3) is 11.4 Å². The summed E-state index contributed by atoms with van der Waals surface area (Å²) in [5, 5.41) is 19.4. The zero-order valence-corrected chi connectivity index (χ0v) is 17.8. The van der Waals surface area contributed by atoms with E-state index in [4.69, 9.17) is 0 Å². The SMILES string of the molecule is O=C(Nc1nnc(Cc2cccc(F)c2)s1)N1CCC[C@H]1c1nc(-c2ccccc2)n[nH]1. The zero-order valence-electron chi connectivity index (χ0n) is 17.0. The molecule has 0 bridgehead atoms. The summed E-state index contributed by atoms with van der Waals surface area (Å²) >= 11 is 1.28. The average molecular weight is 450 g/mol. The van der Waals surface area contributed by atoms with Crippen molar-refractivity contribution in [2.45, 2.75) is 25.3 Å². The van der Waals surface area contributed by atoms with Crippen LogP contribution in [-0.2, 0) is 6.42 Å². The van der Waals surface area contributed by atoms with E-state index in [1.54, 1.807) is 11.0 Å². The van der Waals surface area contributed by atoms with Gasteiger partial charge in [-0.15, -0.1) is 10.2 Å². The predicted octanol–water partition coefficient (Wildman–Crippen LogP) is 4.42. The molecule has 162 valence electrons. The number of aromatic nitrogens is 5. The van der Waals surface area contributed by atoms with Crippen LogP contribution in [0.5, 0.6) is 0 Å². The van der Waals surface area contributed by atoms with Crippen molar-refractivity contribution in [3.63, 3.8) is 0 Å². The summed E-state index contributed by atoms with van der Waals surface area (Å²) < 4.78 is 13.4. The number of benzene rings is 2. The van der Waals surface area contributed by atoms with Crippen molar-refractivity contribution in [3.8, 4) is 11.4 Å². The van der Waals surface area contributed by atoms with E-state index in [0.717, 1.165) is 24.0 Å². The quantitative estimate of drug-likeness (QED) is 0.470. The van der Waals surface area contributed by atoms with Crippen molar-refractivity contribution >= 4 is 22.5 Å². The number of carbonyl (C=O) groups is 1. The van der Waals surface area contributed by atoms with Gasteiger partial charge in [-0.05, 0) is 30.5 Å². The largest absolute Gasteiger partial charge is 0.324 e. The molecular formula is C22H20FN7OS. The number of urea groups is 1. The minimum absolute atomic E-state index is 0.181. The van der Waals surface area contributed by atoms with Gasteiger partial charge in [0, 0.05) is 18.5 Å². The maximum atomic E-state index is 13.4. The minimum Gasteiger partial charge on any atom is -0.314 e. The smallest absolute Gasteiger partial charge is 0.314 e. The Morgan fingerprint density at radius 3 is 2.91 bits per heavy atom. The number of H-pyrrole nitrogens is 1. The van der Waals surface area contributed by atoms with Crippen molar-refractivity contribution in [3.05, 3.63) is 76.8 Å². The van der Waals surface area contributed by atoms with E-state index in [2.05, 4.69) is 30.7 Å². The molecule has 1 atom stereocenters. The molecule has 10 heteroatoms. The molecular weight excluding hydrogens is 429 g/mol. The van der Waals surface area contributed by atoms with Crippen molar-refractivity contribution in [2.75, 3.05) is 11.9 Å². The van der Waals surface area contributed by atoms with Gasteiger partial charge >= 0.3 is 6.03 Å². The molecule has 2 N–H and O–H groups in total. The highest BCUT2D eigenvalue weighted by Gasteiger charge is 2.33. The number of hydrogen-bond acceptors (Lipinski definition) is 6. The van der Waals surface area contributed by atoms with Crippen molar-refractivity contribution < 1.29 is 9.18 Å². The monoisotopic (exact) mass is 449 g/mol.